The molecule has 0 fully saturated rings. The first-order valence-corrected chi connectivity index (χ1v) is 11.3. The van der Waals surface area contributed by atoms with Crippen molar-refractivity contribution in [1.29, 1.82) is 0 Å². The lowest BCUT2D eigenvalue weighted by Gasteiger charge is -2.24. The molecule has 7 heteroatoms. The van der Waals surface area contributed by atoms with Crippen LogP contribution in [0.15, 0.2) is 42.6 Å². The molecule has 164 valence electrons. The van der Waals surface area contributed by atoms with Gasteiger partial charge in [-0.3, -0.25) is 9.69 Å². The van der Waals surface area contributed by atoms with Gasteiger partial charge < -0.3 is 9.88 Å². The summed E-state index contributed by atoms with van der Waals surface area (Å²) in [6.07, 6.45) is 1.82. The number of amides is 1. The number of benzene rings is 2. The van der Waals surface area contributed by atoms with Crippen LogP contribution in [0, 0.1) is 13.8 Å². The van der Waals surface area contributed by atoms with Crippen molar-refractivity contribution in [3.8, 4) is 0 Å². The second kappa shape index (κ2) is 9.81. The molecule has 1 amide bonds. The highest BCUT2D eigenvalue weighted by atomic mass is 35.5. The van der Waals surface area contributed by atoms with Crippen molar-refractivity contribution in [2.75, 3.05) is 31.1 Å². The molecular weight excluding hydrogens is 428 g/mol. The highest BCUT2D eigenvalue weighted by Gasteiger charge is 2.24. The van der Waals surface area contributed by atoms with Gasteiger partial charge in [0.05, 0.1) is 15.8 Å². The monoisotopic (exact) mass is 456 g/mol. The summed E-state index contributed by atoms with van der Waals surface area (Å²) >= 11 is 1.59. The molecule has 1 N–H and O–H groups in total. The van der Waals surface area contributed by atoms with Crippen LogP contribution in [0.4, 0.5) is 5.13 Å². The lowest BCUT2D eigenvalue weighted by atomic mass is 10.1. The number of carbonyl (C=O) groups is 1. The molecule has 0 bridgehead atoms. The Hall–Kier alpha value is -2.41. The highest BCUT2D eigenvalue weighted by Crippen LogP contribution is 2.33. The third-order valence-corrected chi connectivity index (χ3v) is 6.95. The maximum Gasteiger partial charge on any atom is 0.262 e. The van der Waals surface area contributed by atoms with Crippen LogP contribution in [0.25, 0.3) is 21.1 Å². The SMILES string of the molecule is CCN(CC)CCN(C(=O)c1c[nH]c2ccccc12)c1nc2c(C)c(C)ccc2s1.Cl. The normalized spacial score (nSPS) is 11.3. The summed E-state index contributed by atoms with van der Waals surface area (Å²) in [6.45, 7) is 11.9. The number of anilines is 1. The highest BCUT2D eigenvalue weighted by molar-refractivity contribution is 7.22. The molecule has 0 saturated heterocycles. The van der Waals surface area contributed by atoms with Gasteiger partial charge in [0, 0.05) is 30.2 Å². The van der Waals surface area contributed by atoms with Gasteiger partial charge in [0.1, 0.15) is 0 Å². The van der Waals surface area contributed by atoms with Crippen molar-refractivity contribution in [2.24, 2.45) is 0 Å². The molecule has 2 heterocycles. The van der Waals surface area contributed by atoms with Gasteiger partial charge in [-0.2, -0.15) is 0 Å². The Bertz CT molecular complexity index is 1190. The number of hydrogen-bond acceptors (Lipinski definition) is 4. The number of aryl methyl sites for hydroxylation is 2. The first kappa shape index (κ1) is 23.3. The van der Waals surface area contributed by atoms with E-state index in [0.717, 1.165) is 45.9 Å². The Kier molecular flexibility index (Phi) is 7.36. The Morgan fingerprint density at radius 2 is 1.81 bits per heavy atom. The van der Waals surface area contributed by atoms with Gasteiger partial charge in [0.25, 0.3) is 5.91 Å². The molecule has 2 aromatic heterocycles. The van der Waals surface area contributed by atoms with Crippen LogP contribution >= 0.6 is 23.7 Å². The first-order valence-electron chi connectivity index (χ1n) is 10.5. The summed E-state index contributed by atoms with van der Waals surface area (Å²) < 4.78 is 1.12. The standard InChI is InChI=1S/C24H28N4OS.ClH/c1-5-27(6-2)13-14-28(23(29)19-15-25-20-10-8-7-9-18(19)20)24-26-22-17(4)16(3)11-12-21(22)30-24;/h7-12,15,25H,5-6,13-14H2,1-4H3;1H. The van der Waals surface area contributed by atoms with Crippen LogP contribution < -0.4 is 4.90 Å². The van der Waals surface area contributed by atoms with Crippen LogP contribution in [0.1, 0.15) is 35.3 Å². The van der Waals surface area contributed by atoms with Gasteiger partial charge in [0.15, 0.2) is 5.13 Å². The van der Waals surface area contributed by atoms with Crippen LogP contribution in [-0.2, 0) is 0 Å². The molecule has 5 nitrogen and oxygen atoms in total. The van der Waals surface area contributed by atoms with Gasteiger partial charge in [-0.05, 0) is 50.2 Å². The van der Waals surface area contributed by atoms with Crippen molar-refractivity contribution >= 4 is 55.9 Å². The van der Waals surface area contributed by atoms with Gasteiger partial charge in [-0.15, -0.1) is 12.4 Å². The summed E-state index contributed by atoms with van der Waals surface area (Å²) in [5, 5.41) is 1.71. The van der Waals surface area contributed by atoms with E-state index in [2.05, 4.69) is 49.7 Å². The first-order chi connectivity index (χ1) is 14.5. The fourth-order valence-electron chi connectivity index (χ4n) is 3.79. The molecule has 0 radical (unpaired) electrons. The van der Waals surface area contributed by atoms with Crippen molar-refractivity contribution in [1.82, 2.24) is 14.9 Å². The number of rotatable bonds is 7. The fourth-order valence-corrected chi connectivity index (χ4v) is 4.84. The number of carbonyl (C=O) groups excluding carboxylic acids is 1. The number of nitrogens with one attached hydrogen (secondary N) is 1. The molecule has 0 aliphatic heterocycles. The molecule has 0 saturated carbocycles. The number of H-pyrrole nitrogens is 1. The van der Waals surface area contributed by atoms with E-state index in [1.807, 2.05) is 35.4 Å². The van der Waals surface area contributed by atoms with E-state index in [-0.39, 0.29) is 18.3 Å². The Morgan fingerprint density at radius 1 is 1.06 bits per heavy atom. The number of halogens is 1. The number of likely N-dealkylation sites (N-methyl/N-ethyl adjacent to an activating group) is 1. The zero-order valence-corrected chi connectivity index (χ0v) is 20.1. The van der Waals surface area contributed by atoms with Crippen molar-refractivity contribution < 1.29 is 4.79 Å². The summed E-state index contributed by atoms with van der Waals surface area (Å²) in [5.74, 6) is -0.00645. The summed E-state index contributed by atoms with van der Waals surface area (Å²) in [6, 6.07) is 12.2. The molecule has 0 aliphatic rings. The summed E-state index contributed by atoms with van der Waals surface area (Å²) in [5.41, 5.74) is 5.06. The topological polar surface area (TPSA) is 52.2 Å². The summed E-state index contributed by atoms with van der Waals surface area (Å²) in [7, 11) is 0. The number of thiazole rings is 1. The van der Waals surface area contributed by atoms with Crippen LogP contribution in [0.5, 0.6) is 0 Å². The number of aromatic nitrogens is 2. The van der Waals surface area contributed by atoms with Crippen molar-refractivity contribution in [2.45, 2.75) is 27.7 Å². The molecule has 2 aromatic carbocycles. The molecule has 4 rings (SSSR count). The Balaban J connectivity index is 0.00000272. The van der Waals surface area contributed by atoms with E-state index < -0.39 is 0 Å². The Morgan fingerprint density at radius 3 is 2.55 bits per heavy atom. The lowest BCUT2D eigenvalue weighted by Crippen LogP contribution is -2.38. The van der Waals surface area contributed by atoms with E-state index in [4.69, 9.17) is 4.98 Å². The minimum Gasteiger partial charge on any atom is -0.360 e. The zero-order valence-electron chi connectivity index (χ0n) is 18.4. The zero-order chi connectivity index (χ0) is 21.3. The fraction of sp³-hybridized carbons (Fsp3) is 0.333. The third kappa shape index (κ3) is 4.47. The number of fused-ring (bicyclic) bond motifs is 2. The van der Waals surface area contributed by atoms with Gasteiger partial charge in [-0.1, -0.05) is 49.4 Å². The molecule has 0 unspecified atom stereocenters. The molecule has 0 atom stereocenters. The van der Waals surface area contributed by atoms with E-state index in [0.29, 0.717) is 12.1 Å². The number of nitrogens with zero attached hydrogens (tertiary/aromatic N) is 3. The van der Waals surface area contributed by atoms with Crippen LogP contribution in [0.3, 0.4) is 0 Å². The molecule has 0 aliphatic carbocycles. The average Bonchev–Trinajstić information content (AvgIpc) is 3.38. The second-order valence-electron chi connectivity index (χ2n) is 7.58. The predicted molar refractivity (Wildman–Crippen MR) is 134 cm³/mol. The lowest BCUT2D eigenvalue weighted by molar-refractivity contribution is 0.0985. The van der Waals surface area contributed by atoms with E-state index in [1.165, 1.54) is 11.1 Å². The smallest absolute Gasteiger partial charge is 0.262 e. The van der Waals surface area contributed by atoms with Gasteiger partial charge in [-0.25, -0.2) is 4.98 Å². The quantitative estimate of drug-likeness (QED) is 0.382. The van der Waals surface area contributed by atoms with Gasteiger partial charge >= 0.3 is 0 Å². The van der Waals surface area contributed by atoms with E-state index in [9.17, 15) is 4.79 Å². The number of aromatic amines is 1. The largest absolute Gasteiger partial charge is 0.360 e. The third-order valence-electron chi connectivity index (χ3n) is 5.90. The van der Waals surface area contributed by atoms with Crippen molar-refractivity contribution in [3.05, 3.63) is 59.3 Å². The average molecular weight is 457 g/mol. The number of para-hydroxylation sites is 1. The number of hydrogen-bond donors (Lipinski definition) is 1. The predicted octanol–water partition coefficient (Wildman–Crippen LogP) is 5.80. The van der Waals surface area contributed by atoms with Gasteiger partial charge in [0.2, 0.25) is 0 Å². The summed E-state index contributed by atoms with van der Waals surface area (Å²) in [4.78, 5) is 26.0. The van der Waals surface area contributed by atoms with Crippen LogP contribution in [-0.4, -0.2) is 47.0 Å². The molecule has 4 aromatic rings. The second-order valence-corrected chi connectivity index (χ2v) is 8.59. The molecule has 0 spiro atoms. The Labute approximate surface area is 193 Å². The maximum atomic E-state index is 13.7. The molecule has 31 heavy (non-hydrogen) atoms. The van der Waals surface area contributed by atoms with E-state index >= 15 is 0 Å². The van der Waals surface area contributed by atoms with Crippen LogP contribution in [0.2, 0.25) is 0 Å². The molecular formula is C24H29ClN4OS. The minimum atomic E-state index is -0.00645. The maximum absolute atomic E-state index is 13.7. The van der Waals surface area contributed by atoms with E-state index in [1.54, 1.807) is 11.3 Å². The minimum absolute atomic E-state index is 0. The van der Waals surface area contributed by atoms with Crippen molar-refractivity contribution in [3.63, 3.8) is 0 Å².